The Morgan fingerprint density at radius 3 is 2.80 bits per heavy atom. The molecule has 2 N–H and O–H groups in total. The van der Waals surface area contributed by atoms with Gasteiger partial charge in [-0.25, -0.2) is 4.98 Å². The minimum Gasteiger partial charge on any atom is -0.319 e. The first-order valence-electron chi connectivity index (χ1n) is 5.33. The van der Waals surface area contributed by atoms with Gasteiger partial charge in [0.1, 0.15) is 5.01 Å². The van der Waals surface area contributed by atoms with E-state index in [9.17, 15) is 4.79 Å². The molecule has 0 bridgehead atoms. The molecule has 1 aromatic heterocycles. The summed E-state index contributed by atoms with van der Waals surface area (Å²) in [6.45, 7) is 1.94. The highest BCUT2D eigenvalue weighted by molar-refractivity contribution is 7.09. The molecular weight excluding hydrogens is 208 g/mol. The van der Waals surface area contributed by atoms with Crippen molar-refractivity contribution in [3.63, 3.8) is 0 Å². The molecule has 15 heavy (non-hydrogen) atoms. The molecule has 1 saturated carbocycles. The molecule has 0 spiro atoms. The Labute approximate surface area is 93.7 Å². The first kappa shape index (κ1) is 10.8. The zero-order chi connectivity index (χ0) is 10.9. The average molecular weight is 224 g/mol. The summed E-state index contributed by atoms with van der Waals surface area (Å²) in [5.41, 5.74) is 6.51. The van der Waals surface area contributed by atoms with E-state index in [1.54, 1.807) is 11.3 Å². The molecule has 2 rings (SSSR count). The van der Waals surface area contributed by atoms with Crippen LogP contribution in [0, 0.1) is 6.92 Å². The van der Waals surface area contributed by atoms with Crippen LogP contribution in [0.15, 0.2) is 5.38 Å². The lowest BCUT2D eigenvalue weighted by molar-refractivity contribution is -0.123. The Bertz CT molecular complexity index is 366. The van der Waals surface area contributed by atoms with Gasteiger partial charge in [-0.2, -0.15) is 0 Å². The van der Waals surface area contributed by atoms with Crippen LogP contribution < -0.4 is 5.73 Å². The molecule has 1 fully saturated rings. The summed E-state index contributed by atoms with van der Waals surface area (Å²) in [7, 11) is 0. The zero-order valence-electron chi connectivity index (χ0n) is 8.95. The van der Waals surface area contributed by atoms with E-state index in [-0.39, 0.29) is 5.78 Å². The lowest BCUT2D eigenvalue weighted by Crippen LogP contribution is -2.46. The van der Waals surface area contributed by atoms with E-state index in [4.69, 9.17) is 5.73 Å². The van der Waals surface area contributed by atoms with E-state index in [2.05, 4.69) is 4.98 Å². The summed E-state index contributed by atoms with van der Waals surface area (Å²) in [5, 5.41) is 2.87. The minimum absolute atomic E-state index is 0.161. The average Bonchev–Trinajstić information content (AvgIpc) is 2.76. The molecule has 1 aromatic rings. The number of aryl methyl sites for hydroxylation is 1. The summed E-state index contributed by atoms with van der Waals surface area (Å²) in [6, 6.07) is 0. The van der Waals surface area contributed by atoms with Crippen LogP contribution in [-0.4, -0.2) is 16.3 Å². The molecule has 4 heteroatoms. The fourth-order valence-electron chi connectivity index (χ4n) is 2.08. The van der Waals surface area contributed by atoms with Gasteiger partial charge in [-0.15, -0.1) is 11.3 Å². The molecule has 0 atom stereocenters. The van der Waals surface area contributed by atoms with E-state index >= 15 is 0 Å². The first-order valence-corrected chi connectivity index (χ1v) is 6.21. The number of thiazole rings is 1. The Kier molecular flexibility index (Phi) is 2.89. The third-order valence-corrected chi connectivity index (χ3v) is 4.00. The van der Waals surface area contributed by atoms with Crippen molar-refractivity contribution in [2.24, 2.45) is 5.73 Å². The van der Waals surface area contributed by atoms with Crippen LogP contribution in [0.1, 0.15) is 36.4 Å². The highest BCUT2D eigenvalue weighted by atomic mass is 32.1. The number of carbonyl (C=O) groups excluding carboxylic acids is 1. The van der Waals surface area contributed by atoms with Crippen molar-refractivity contribution in [2.45, 2.75) is 44.6 Å². The predicted molar refractivity (Wildman–Crippen MR) is 60.9 cm³/mol. The Morgan fingerprint density at radius 2 is 2.27 bits per heavy atom. The van der Waals surface area contributed by atoms with Crippen molar-refractivity contribution < 1.29 is 4.79 Å². The number of hydrogen-bond donors (Lipinski definition) is 1. The van der Waals surface area contributed by atoms with Gasteiger partial charge in [-0.1, -0.05) is 12.8 Å². The Hall–Kier alpha value is -0.740. The van der Waals surface area contributed by atoms with Gasteiger partial charge in [-0.3, -0.25) is 4.79 Å². The molecule has 0 aliphatic heterocycles. The molecule has 0 amide bonds. The molecule has 3 nitrogen and oxygen atoms in total. The number of ketones is 1. The zero-order valence-corrected chi connectivity index (χ0v) is 9.77. The van der Waals surface area contributed by atoms with E-state index < -0.39 is 5.54 Å². The molecular formula is C11H16N2OS. The van der Waals surface area contributed by atoms with Crippen LogP contribution in [0.4, 0.5) is 0 Å². The number of nitrogens with zero attached hydrogens (tertiary/aromatic N) is 1. The quantitative estimate of drug-likeness (QED) is 0.852. The van der Waals surface area contributed by atoms with Gasteiger partial charge in [0, 0.05) is 11.1 Å². The monoisotopic (exact) mass is 224 g/mol. The third kappa shape index (κ3) is 2.26. The molecule has 0 unspecified atom stereocenters. The number of rotatable bonds is 3. The predicted octanol–water partition coefficient (Wildman–Crippen LogP) is 1.83. The van der Waals surface area contributed by atoms with Crippen molar-refractivity contribution in [3.8, 4) is 0 Å². The number of aromatic nitrogens is 1. The van der Waals surface area contributed by atoms with Gasteiger partial charge in [0.15, 0.2) is 5.78 Å². The SMILES string of the molecule is Cc1csc(CC(=O)C2(N)CCCC2)n1. The van der Waals surface area contributed by atoms with E-state index in [0.29, 0.717) is 6.42 Å². The third-order valence-electron chi connectivity index (χ3n) is 3.03. The maximum Gasteiger partial charge on any atom is 0.159 e. The number of Topliss-reactive ketones (excluding diaryl/α,β-unsaturated/α-hetero) is 1. The van der Waals surface area contributed by atoms with Gasteiger partial charge in [-0.05, 0) is 19.8 Å². The molecule has 1 aliphatic rings. The maximum atomic E-state index is 12.0. The minimum atomic E-state index is -0.556. The highest BCUT2D eigenvalue weighted by Gasteiger charge is 2.36. The summed E-state index contributed by atoms with van der Waals surface area (Å²) in [5.74, 6) is 0.161. The van der Waals surface area contributed by atoms with E-state index in [0.717, 1.165) is 36.4 Å². The topological polar surface area (TPSA) is 56.0 Å². The molecule has 0 saturated heterocycles. The number of hydrogen-bond acceptors (Lipinski definition) is 4. The van der Waals surface area contributed by atoms with Gasteiger partial charge in [0.25, 0.3) is 0 Å². The first-order chi connectivity index (χ1) is 7.10. The standard InChI is InChI=1S/C11H16N2OS/c1-8-7-15-10(13-8)6-9(14)11(12)4-2-3-5-11/h7H,2-6,12H2,1H3. The second-order valence-corrected chi connectivity index (χ2v) is 5.29. The van der Waals surface area contributed by atoms with Crippen LogP contribution in [0.5, 0.6) is 0 Å². The number of carbonyl (C=O) groups is 1. The molecule has 0 radical (unpaired) electrons. The van der Waals surface area contributed by atoms with Gasteiger partial charge < -0.3 is 5.73 Å². The van der Waals surface area contributed by atoms with Crippen LogP contribution in [0.2, 0.25) is 0 Å². The van der Waals surface area contributed by atoms with Crippen molar-refractivity contribution in [1.29, 1.82) is 0 Å². The Morgan fingerprint density at radius 1 is 1.60 bits per heavy atom. The summed E-state index contributed by atoms with van der Waals surface area (Å²) in [4.78, 5) is 16.3. The van der Waals surface area contributed by atoms with Crippen LogP contribution in [0.25, 0.3) is 0 Å². The normalized spacial score (nSPS) is 19.3. The van der Waals surface area contributed by atoms with E-state index in [1.165, 1.54) is 0 Å². The lowest BCUT2D eigenvalue weighted by Gasteiger charge is -2.20. The summed E-state index contributed by atoms with van der Waals surface area (Å²) >= 11 is 1.55. The van der Waals surface area contributed by atoms with Gasteiger partial charge in [0.05, 0.1) is 12.0 Å². The second kappa shape index (κ2) is 4.02. The summed E-state index contributed by atoms with van der Waals surface area (Å²) in [6.07, 6.45) is 4.26. The van der Waals surface area contributed by atoms with Crippen molar-refractivity contribution in [2.75, 3.05) is 0 Å². The maximum absolute atomic E-state index is 12.0. The molecule has 82 valence electrons. The largest absolute Gasteiger partial charge is 0.319 e. The van der Waals surface area contributed by atoms with Crippen molar-refractivity contribution in [3.05, 3.63) is 16.1 Å². The summed E-state index contributed by atoms with van der Waals surface area (Å²) < 4.78 is 0. The molecule has 1 heterocycles. The van der Waals surface area contributed by atoms with Crippen LogP contribution >= 0.6 is 11.3 Å². The molecule has 1 aliphatic carbocycles. The van der Waals surface area contributed by atoms with Crippen LogP contribution in [-0.2, 0) is 11.2 Å². The number of nitrogens with two attached hydrogens (primary N) is 1. The Balaban J connectivity index is 2.03. The lowest BCUT2D eigenvalue weighted by atomic mass is 9.91. The fourth-order valence-corrected chi connectivity index (χ4v) is 2.85. The van der Waals surface area contributed by atoms with Crippen molar-refractivity contribution >= 4 is 17.1 Å². The van der Waals surface area contributed by atoms with Gasteiger partial charge >= 0.3 is 0 Å². The second-order valence-electron chi connectivity index (χ2n) is 4.35. The smallest absolute Gasteiger partial charge is 0.159 e. The van der Waals surface area contributed by atoms with Crippen molar-refractivity contribution in [1.82, 2.24) is 4.98 Å². The van der Waals surface area contributed by atoms with Crippen LogP contribution in [0.3, 0.4) is 0 Å². The van der Waals surface area contributed by atoms with Gasteiger partial charge in [0.2, 0.25) is 0 Å². The fraction of sp³-hybridized carbons (Fsp3) is 0.636. The van der Waals surface area contributed by atoms with E-state index in [1.807, 2.05) is 12.3 Å². The molecule has 0 aromatic carbocycles. The highest BCUT2D eigenvalue weighted by Crippen LogP contribution is 2.29.